The minimum absolute atomic E-state index is 0.0474. The highest BCUT2D eigenvalue weighted by molar-refractivity contribution is 6.65. The van der Waals surface area contributed by atoms with Crippen LogP contribution in [0.1, 0.15) is 6.92 Å². The number of rotatable bonds is 3. The van der Waals surface area contributed by atoms with E-state index in [1.165, 1.54) is 0 Å². The smallest absolute Gasteiger partial charge is 0.194 e. The zero-order valence-corrected chi connectivity index (χ0v) is 9.70. The number of nitrogens with two attached hydrogens (primary N) is 1. The van der Waals surface area contributed by atoms with Crippen LogP contribution in [0.4, 0.5) is 5.69 Å². The summed E-state index contributed by atoms with van der Waals surface area (Å²) in [7, 11) is 0. The van der Waals surface area contributed by atoms with Gasteiger partial charge in [0.2, 0.25) is 0 Å². The standard InChI is InChI=1S/C11H13ClN4/c1-8(14-9(2)16-11(12)13)15-10-6-4-3-5-7-10/h3-7,15H,1H2,2H3,(H2,13,14,16). The van der Waals surface area contributed by atoms with Gasteiger partial charge in [0.15, 0.2) is 5.29 Å². The maximum atomic E-state index is 5.41. The molecule has 84 valence electrons. The van der Waals surface area contributed by atoms with Crippen LogP contribution < -0.4 is 11.1 Å². The molecule has 0 bridgehead atoms. The highest BCUT2D eigenvalue weighted by atomic mass is 35.5. The summed E-state index contributed by atoms with van der Waals surface area (Å²) in [5.74, 6) is 0.922. The van der Waals surface area contributed by atoms with Gasteiger partial charge in [-0.1, -0.05) is 24.8 Å². The number of para-hydroxylation sites is 1. The molecular formula is C11H13ClN4. The first-order valence-corrected chi connectivity index (χ1v) is 5.01. The van der Waals surface area contributed by atoms with Gasteiger partial charge in [-0.25, -0.2) is 9.98 Å². The van der Waals surface area contributed by atoms with Crippen molar-refractivity contribution in [3.05, 3.63) is 42.7 Å². The van der Waals surface area contributed by atoms with E-state index in [4.69, 9.17) is 17.3 Å². The van der Waals surface area contributed by atoms with Gasteiger partial charge in [-0.05, 0) is 30.7 Å². The molecule has 0 aromatic heterocycles. The number of halogens is 1. The minimum atomic E-state index is -0.0474. The van der Waals surface area contributed by atoms with Gasteiger partial charge in [-0.2, -0.15) is 0 Å². The maximum Gasteiger partial charge on any atom is 0.194 e. The maximum absolute atomic E-state index is 5.41. The number of anilines is 1. The molecule has 0 saturated carbocycles. The van der Waals surface area contributed by atoms with Crippen LogP contribution in [0.25, 0.3) is 0 Å². The molecule has 0 heterocycles. The fourth-order valence-electron chi connectivity index (χ4n) is 1.09. The summed E-state index contributed by atoms with van der Waals surface area (Å²) in [6, 6.07) is 9.59. The van der Waals surface area contributed by atoms with Crippen molar-refractivity contribution in [3.63, 3.8) is 0 Å². The topological polar surface area (TPSA) is 62.8 Å². The Morgan fingerprint density at radius 1 is 1.31 bits per heavy atom. The fraction of sp³-hybridized carbons (Fsp3) is 0.0909. The largest absolute Gasteiger partial charge is 0.374 e. The van der Waals surface area contributed by atoms with Gasteiger partial charge >= 0.3 is 0 Å². The molecule has 5 heteroatoms. The van der Waals surface area contributed by atoms with Crippen LogP contribution in [0.3, 0.4) is 0 Å². The fourth-order valence-corrected chi connectivity index (χ4v) is 1.21. The van der Waals surface area contributed by atoms with Crippen LogP contribution in [0.5, 0.6) is 0 Å². The van der Waals surface area contributed by atoms with E-state index in [0.29, 0.717) is 11.7 Å². The van der Waals surface area contributed by atoms with Crippen molar-refractivity contribution in [2.75, 3.05) is 5.32 Å². The second kappa shape index (κ2) is 5.92. The number of nitrogens with one attached hydrogen (secondary N) is 1. The number of amidine groups is 2. The van der Waals surface area contributed by atoms with Crippen molar-refractivity contribution >= 4 is 28.4 Å². The summed E-state index contributed by atoms with van der Waals surface area (Å²) in [6.07, 6.45) is 0. The van der Waals surface area contributed by atoms with E-state index >= 15 is 0 Å². The molecule has 0 radical (unpaired) electrons. The molecular weight excluding hydrogens is 224 g/mol. The molecule has 4 nitrogen and oxygen atoms in total. The van der Waals surface area contributed by atoms with Gasteiger partial charge in [0.25, 0.3) is 0 Å². The number of aliphatic imine (C=N–C) groups is 2. The zero-order chi connectivity index (χ0) is 12.0. The van der Waals surface area contributed by atoms with Gasteiger partial charge in [0, 0.05) is 5.69 Å². The number of nitrogens with zero attached hydrogens (tertiary/aromatic N) is 2. The van der Waals surface area contributed by atoms with Gasteiger partial charge < -0.3 is 11.1 Å². The molecule has 3 N–H and O–H groups in total. The van der Waals surface area contributed by atoms with Crippen molar-refractivity contribution in [1.29, 1.82) is 0 Å². The number of hydrogen-bond acceptors (Lipinski definition) is 2. The molecule has 0 atom stereocenters. The van der Waals surface area contributed by atoms with E-state index in [2.05, 4.69) is 21.9 Å². The third-order valence-corrected chi connectivity index (χ3v) is 1.71. The summed E-state index contributed by atoms with van der Waals surface area (Å²) in [4.78, 5) is 7.84. The molecule has 16 heavy (non-hydrogen) atoms. The molecule has 0 saturated heterocycles. The van der Waals surface area contributed by atoms with Crippen molar-refractivity contribution < 1.29 is 0 Å². The molecule has 0 unspecified atom stereocenters. The lowest BCUT2D eigenvalue weighted by molar-refractivity contribution is 1.29. The second-order valence-electron chi connectivity index (χ2n) is 3.03. The van der Waals surface area contributed by atoms with E-state index in [1.807, 2.05) is 30.3 Å². The Kier molecular flexibility index (Phi) is 4.54. The normalized spacial score (nSPS) is 12.4. The first kappa shape index (κ1) is 12.3. The van der Waals surface area contributed by atoms with E-state index in [-0.39, 0.29) is 5.29 Å². The molecule has 0 aliphatic carbocycles. The van der Waals surface area contributed by atoms with Crippen LogP contribution in [0.2, 0.25) is 0 Å². The summed E-state index contributed by atoms with van der Waals surface area (Å²) >= 11 is 5.41. The molecule has 1 aromatic carbocycles. The monoisotopic (exact) mass is 236 g/mol. The van der Waals surface area contributed by atoms with Crippen LogP contribution in [0.15, 0.2) is 52.7 Å². The predicted molar refractivity (Wildman–Crippen MR) is 69.8 cm³/mol. The summed E-state index contributed by atoms with van der Waals surface area (Å²) in [5.41, 5.74) is 6.12. The lowest BCUT2D eigenvalue weighted by Crippen LogP contribution is -2.05. The highest BCUT2D eigenvalue weighted by Gasteiger charge is 1.94. The third kappa shape index (κ3) is 4.61. The Morgan fingerprint density at radius 3 is 2.50 bits per heavy atom. The first-order chi connectivity index (χ1) is 7.58. The predicted octanol–water partition coefficient (Wildman–Crippen LogP) is 2.54. The van der Waals surface area contributed by atoms with E-state index in [1.54, 1.807) is 6.92 Å². The van der Waals surface area contributed by atoms with E-state index in [9.17, 15) is 0 Å². The summed E-state index contributed by atoms with van der Waals surface area (Å²) in [5, 5.41) is 2.96. The Bertz CT molecular complexity index is 419. The lowest BCUT2D eigenvalue weighted by atomic mass is 10.3. The number of benzene rings is 1. The van der Waals surface area contributed by atoms with Crippen molar-refractivity contribution in [2.24, 2.45) is 15.7 Å². The Balaban J connectivity index is 2.64. The van der Waals surface area contributed by atoms with Crippen LogP contribution in [0, 0.1) is 0 Å². The van der Waals surface area contributed by atoms with Gasteiger partial charge in [0.1, 0.15) is 11.7 Å². The minimum Gasteiger partial charge on any atom is -0.374 e. The molecule has 0 aliphatic heterocycles. The number of hydrogen-bond donors (Lipinski definition) is 2. The zero-order valence-electron chi connectivity index (χ0n) is 8.94. The van der Waals surface area contributed by atoms with Crippen LogP contribution >= 0.6 is 11.6 Å². The molecule has 1 aromatic rings. The van der Waals surface area contributed by atoms with Gasteiger partial charge in [0.05, 0.1) is 0 Å². The van der Waals surface area contributed by atoms with Gasteiger partial charge in [-0.15, -0.1) is 0 Å². The van der Waals surface area contributed by atoms with Crippen molar-refractivity contribution in [1.82, 2.24) is 0 Å². The quantitative estimate of drug-likeness (QED) is 0.481. The third-order valence-electron chi connectivity index (χ3n) is 1.63. The Labute approximate surface area is 99.6 Å². The Morgan fingerprint density at radius 2 is 1.94 bits per heavy atom. The SMILES string of the molecule is C=C(N=C(C)N=C(N)Cl)Nc1ccccc1. The van der Waals surface area contributed by atoms with Crippen LogP contribution in [-0.4, -0.2) is 11.1 Å². The molecule has 0 amide bonds. The molecule has 0 aliphatic rings. The second-order valence-corrected chi connectivity index (χ2v) is 3.42. The van der Waals surface area contributed by atoms with Gasteiger partial charge in [-0.3, -0.25) is 0 Å². The Hall–Kier alpha value is -1.81. The molecule has 0 spiro atoms. The van der Waals surface area contributed by atoms with E-state index < -0.39 is 0 Å². The summed E-state index contributed by atoms with van der Waals surface area (Å²) < 4.78 is 0. The highest BCUT2D eigenvalue weighted by Crippen LogP contribution is 2.08. The molecule has 0 fully saturated rings. The van der Waals surface area contributed by atoms with Crippen molar-refractivity contribution in [3.8, 4) is 0 Å². The first-order valence-electron chi connectivity index (χ1n) is 4.64. The molecule has 1 rings (SSSR count). The average Bonchev–Trinajstić information content (AvgIpc) is 2.17. The lowest BCUT2D eigenvalue weighted by Gasteiger charge is -2.04. The average molecular weight is 237 g/mol. The summed E-state index contributed by atoms with van der Waals surface area (Å²) in [6.45, 7) is 5.43. The van der Waals surface area contributed by atoms with Crippen LogP contribution in [-0.2, 0) is 0 Å². The van der Waals surface area contributed by atoms with E-state index in [0.717, 1.165) is 5.69 Å². The van der Waals surface area contributed by atoms with Crippen molar-refractivity contribution in [2.45, 2.75) is 6.92 Å².